The number of thioether (sulfide) groups is 1. The number of hydrogen-bond acceptors (Lipinski definition) is 3. The normalized spacial score (nSPS) is 13.1. The van der Waals surface area contributed by atoms with Crippen molar-refractivity contribution in [2.45, 2.75) is 11.4 Å². The number of ketones is 1. The second-order valence-electron chi connectivity index (χ2n) is 5.87. The highest BCUT2D eigenvalue weighted by atomic mass is 32.2. The van der Waals surface area contributed by atoms with Crippen LogP contribution in [0.15, 0.2) is 101 Å². The first-order valence-electron chi connectivity index (χ1n) is 8.20. The zero-order chi connectivity index (χ0) is 17.1. The Morgan fingerprint density at radius 1 is 0.800 bits per heavy atom. The van der Waals surface area contributed by atoms with E-state index >= 15 is 0 Å². The van der Waals surface area contributed by atoms with Crippen LogP contribution in [0.5, 0.6) is 0 Å². The number of para-hydroxylation sites is 1. The lowest BCUT2D eigenvalue weighted by atomic mass is 10.1. The van der Waals surface area contributed by atoms with Gasteiger partial charge < -0.3 is 4.90 Å². The number of rotatable bonds is 4. The van der Waals surface area contributed by atoms with Crippen molar-refractivity contribution < 1.29 is 4.79 Å². The summed E-state index contributed by atoms with van der Waals surface area (Å²) in [7, 11) is 0. The third-order valence-electron chi connectivity index (χ3n) is 4.12. The zero-order valence-corrected chi connectivity index (χ0v) is 14.4. The van der Waals surface area contributed by atoms with Gasteiger partial charge in [0.1, 0.15) is 0 Å². The van der Waals surface area contributed by atoms with E-state index in [4.69, 9.17) is 0 Å². The van der Waals surface area contributed by atoms with Crippen molar-refractivity contribution in [1.29, 1.82) is 0 Å². The molecule has 1 aliphatic heterocycles. The SMILES string of the molecule is O=C(C1=CN(Cc2ccccc2)c2ccccc2S1)c1ccccc1. The van der Waals surface area contributed by atoms with Gasteiger partial charge in [-0.2, -0.15) is 0 Å². The quantitative estimate of drug-likeness (QED) is 0.582. The fourth-order valence-electron chi connectivity index (χ4n) is 2.88. The summed E-state index contributed by atoms with van der Waals surface area (Å²) in [6, 6.07) is 28.0. The van der Waals surface area contributed by atoms with E-state index in [0.29, 0.717) is 0 Å². The summed E-state index contributed by atoms with van der Waals surface area (Å²) in [5.74, 6) is 0.0677. The highest BCUT2D eigenvalue weighted by Crippen LogP contribution is 2.41. The average molecular weight is 343 g/mol. The molecule has 3 aromatic rings. The molecule has 2 nitrogen and oxygen atoms in total. The smallest absolute Gasteiger partial charge is 0.201 e. The van der Waals surface area contributed by atoms with Crippen LogP contribution in [0.2, 0.25) is 0 Å². The molecule has 0 N–H and O–H groups in total. The first-order chi connectivity index (χ1) is 12.3. The minimum absolute atomic E-state index is 0.0677. The van der Waals surface area contributed by atoms with Gasteiger partial charge in [-0.05, 0) is 17.7 Å². The minimum atomic E-state index is 0.0677. The molecule has 0 saturated heterocycles. The first kappa shape index (κ1) is 15.7. The van der Waals surface area contributed by atoms with E-state index in [1.165, 1.54) is 5.56 Å². The van der Waals surface area contributed by atoms with Gasteiger partial charge in [-0.15, -0.1) is 0 Å². The number of nitrogens with zero attached hydrogens (tertiary/aromatic N) is 1. The molecule has 122 valence electrons. The molecule has 25 heavy (non-hydrogen) atoms. The lowest BCUT2D eigenvalue weighted by Gasteiger charge is -2.28. The lowest BCUT2D eigenvalue weighted by molar-refractivity contribution is 0.104. The number of fused-ring (bicyclic) bond motifs is 1. The summed E-state index contributed by atoms with van der Waals surface area (Å²) < 4.78 is 0. The minimum Gasteiger partial charge on any atom is -0.341 e. The van der Waals surface area contributed by atoms with Crippen LogP contribution in [-0.2, 0) is 6.54 Å². The van der Waals surface area contributed by atoms with E-state index in [2.05, 4.69) is 29.2 Å². The van der Waals surface area contributed by atoms with Gasteiger partial charge in [0.15, 0.2) is 0 Å². The Hall–Kier alpha value is -2.78. The molecule has 0 amide bonds. The summed E-state index contributed by atoms with van der Waals surface area (Å²) in [4.78, 5) is 16.9. The number of anilines is 1. The molecule has 3 aromatic carbocycles. The maximum atomic E-state index is 12.9. The fraction of sp³-hybridized carbons (Fsp3) is 0.0455. The Bertz CT molecular complexity index is 919. The summed E-state index contributed by atoms with van der Waals surface area (Å²) >= 11 is 1.54. The van der Waals surface area contributed by atoms with Crippen LogP contribution in [0, 0.1) is 0 Å². The molecule has 0 radical (unpaired) electrons. The van der Waals surface area contributed by atoms with Crippen molar-refractivity contribution in [2.24, 2.45) is 0 Å². The van der Waals surface area contributed by atoms with Crippen molar-refractivity contribution in [3.8, 4) is 0 Å². The van der Waals surface area contributed by atoms with Crippen molar-refractivity contribution in [1.82, 2.24) is 0 Å². The molecule has 0 spiro atoms. The summed E-state index contributed by atoms with van der Waals surface area (Å²) in [5.41, 5.74) is 3.08. The standard InChI is InChI=1S/C22H17NOS/c24-22(18-11-5-2-6-12-18)21-16-23(15-17-9-3-1-4-10-17)19-13-7-8-14-20(19)25-21/h1-14,16H,15H2. The van der Waals surface area contributed by atoms with E-state index in [-0.39, 0.29) is 5.78 Å². The zero-order valence-electron chi connectivity index (χ0n) is 13.6. The number of Topliss-reactive ketones (excluding diaryl/α,β-unsaturated/α-hetero) is 1. The van der Waals surface area contributed by atoms with E-state index in [0.717, 1.165) is 27.6 Å². The predicted octanol–water partition coefficient (Wildman–Crippen LogP) is 5.52. The number of allylic oxidation sites excluding steroid dienone is 1. The molecule has 0 aliphatic carbocycles. The van der Waals surface area contributed by atoms with Gasteiger partial charge >= 0.3 is 0 Å². The summed E-state index contributed by atoms with van der Waals surface area (Å²) in [5, 5.41) is 0. The van der Waals surface area contributed by atoms with Crippen LogP contribution in [-0.4, -0.2) is 5.78 Å². The number of benzene rings is 3. The number of carbonyl (C=O) groups is 1. The Labute approximate surface area is 151 Å². The molecule has 1 aliphatic rings. The molecular weight excluding hydrogens is 326 g/mol. The third-order valence-corrected chi connectivity index (χ3v) is 5.20. The molecule has 0 atom stereocenters. The molecule has 0 unspecified atom stereocenters. The van der Waals surface area contributed by atoms with E-state index in [1.54, 1.807) is 11.8 Å². The molecule has 0 fully saturated rings. The molecule has 0 aromatic heterocycles. The Morgan fingerprint density at radius 2 is 1.44 bits per heavy atom. The van der Waals surface area contributed by atoms with Crippen LogP contribution in [0.25, 0.3) is 0 Å². The number of hydrogen-bond donors (Lipinski definition) is 0. The van der Waals surface area contributed by atoms with Gasteiger partial charge in [0.05, 0.1) is 10.6 Å². The molecule has 0 saturated carbocycles. The second-order valence-corrected chi connectivity index (χ2v) is 6.96. The van der Waals surface area contributed by atoms with Crippen LogP contribution in [0.3, 0.4) is 0 Å². The fourth-order valence-corrected chi connectivity index (χ4v) is 3.95. The average Bonchev–Trinajstić information content (AvgIpc) is 2.69. The molecule has 0 bridgehead atoms. The molecule has 1 heterocycles. The van der Waals surface area contributed by atoms with Gasteiger partial charge in [0, 0.05) is 23.2 Å². The van der Waals surface area contributed by atoms with Gasteiger partial charge in [0.25, 0.3) is 0 Å². The van der Waals surface area contributed by atoms with Crippen molar-refractivity contribution in [3.63, 3.8) is 0 Å². The van der Waals surface area contributed by atoms with Gasteiger partial charge in [-0.1, -0.05) is 84.6 Å². The van der Waals surface area contributed by atoms with Crippen molar-refractivity contribution in [3.05, 3.63) is 107 Å². The largest absolute Gasteiger partial charge is 0.341 e. The second kappa shape index (κ2) is 6.99. The Kier molecular flexibility index (Phi) is 4.40. The maximum absolute atomic E-state index is 12.9. The van der Waals surface area contributed by atoms with Crippen molar-refractivity contribution in [2.75, 3.05) is 4.90 Å². The van der Waals surface area contributed by atoms with E-state index < -0.39 is 0 Å². The Morgan fingerprint density at radius 3 is 2.20 bits per heavy atom. The van der Waals surface area contributed by atoms with Crippen LogP contribution >= 0.6 is 11.8 Å². The van der Waals surface area contributed by atoms with Gasteiger partial charge in [0.2, 0.25) is 5.78 Å². The molecule has 4 rings (SSSR count). The van der Waals surface area contributed by atoms with Crippen LogP contribution < -0.4 is 4.90 Å². The topological polar surface area (TPSA) is 20.3 Å². The van der Waals surface area contributed by atoms with Gasteiger partial charge in [-0.3, -0.25) is 4.79 Å². The van der Waals surface area contributed by atoms with Crippen LogP contribution in [0.1, 0.15) is 15.9 Å². The highest BCUT2D eigenvalue weighted by molar-refractivity contribution is 8.04. The van der Waals surface area contributed by atoms with E-state index in [1.807, 2.05) is 66.9 Å². The lowest BCUT2D eigenvalue weighted by Crippen LogP contribution is -2.21. The Balaban J connectivity index is 1.70. The molecule has 3 heteroatoms. The monoisotopic (exact) mass is 343 g/mol. The maximum Gasteiger partial charge on any atom is 0.201 e. The van der Waals surface area contributed by atoms with Crippen molar-refractivity contribution >= 4 is 23.2 Å². The summed E-state index contributed by atoms with van der Waals surface area (Å²) in [6.45, 7) is 0.740. The van der Waals surface area contributed by atoms with Crippen LogP contribution in [0.4, 0.5) is 5.69 Å². The molecular formula is C22H17NOS. The third kappa shape index (κ3) is 3.37. The number of carbonyl (C=O) groups excluding carboxylic acids is 1. The highest BCUT2D eigenvalue weighted by Gasteiger charge is 2.23. The first-order valence-corrected chi connectivity index (χ1v) is 9.02. The predicted molar refractivity (Wildman–Crippen MR) is 104 cm³/mol. The van der Waals surface area contributed by atoms with Gasteiger partial charge in [-0.25, -0.2) is 0 Å². The summed E-state index contributed by atoms with van der Waals surface area (Å²) in [6.07, 6.45) is 1.98. The van der Waals surface area contributed by atoms with E-state index in [9.17, 15) is 4.79 Å².